The number of fused-ring (bicyclic) bond motifs is 4. The van der Waals surface area contributed by atoms with Crippen LogP contribution in [0.4, 0.5) is 0 Å². The molecule has 0 aliphatic carbocycles. The molecule has 3 N–H and O–H groups in total. The molecule has 0 radical (unpaired) electrons. The zero-order chi connectivity index (χ0) is 28.3. The molecule has 1 saturated heterocycles. The molecule has 9 nitrogen and oxygen atoms in total. The number of hydrogen-bond acceptors (Lipinski definition) is 6. The van der Waals surface area contributed by atoms with Crippen LogP contribution in [0.15, 0.2) is 48.9 Å². The summed E-state index contributed by atoms with van der Waals surface area (Å²) in [5, 5.41) is 9.32. The number of ether oxygens (including phenoxy) is 1. The zero-order valence-electron chi connectivity index (χ0n) is 23.4. The van der Waals surface area contributed by atoms with Gasteiger partial charge in [-0.1, -0.05) is 45.6 Å². The highest BCUT2D eigenvalue weighted by Crippen LogP contribution is 2.23. The van der Waals surface area contributed by atoms with E-state index in [1.807, 2.05) is 64.2 Å². The van der Waals surface area contributed by atoms with Gasteiger partial charge < -0.3 is 15.4 Å². The highest BCUT2D eigenvalue weighted by atomic mass is 16.5. The molecule has 2 aliphatic rings. The van der Waals surface area contributed by atoms with E-state index in [0.29, 0.717) is 25.1 Å². The van der Waals surface area contributed by atoms with Crippen molar-refractivity contribution in [2.24, 2.45) is 11.8 Å². The molecular weight excluding hydrogens is 494 g/mol. The molecule has 2 aliphatic heterocycles. The van der Waals surface area contributed by atoms with Gasteiger partial charge in [-0.25, -0.2) is 5.43 Å². The second-order valence-corrected chi connectivity index (χ2v) is 10.9. The molecule has 5 bridgehead atoms. The van der Waals surface area contributed by atoms with E-state index in [4.69, 9.17) is 4.74 Å². The number of amides is 3. The lowest BCUT2D eigenvalue weighted by Crippen LogP contribution is -2.61. The summed E-state index contributed by atoms with van der Waals surface area (Å²) < 4.78 is 6.03. The Morgan fingerprint density at radius 3 is 2.51 bits per heavy atom. The summed E-state index contributed by atoms with van der Waals surface area (Å²) in [4.78, 5) is 44.0. The highest BCUT2D eigenvalue weighted by molar-refractivity contribution is 5.90. The van der Waals surface area contributed by atoms with Crippen LogP contribution in [0.2, 0.25) is 0 Å². The van der Waals surface area contributed by atoms with Gasteiger partial charge in [0.15, 0.2) is 6.10 Å². The van der Waals surface area contributed by atoms with E-state index in [1.54, 1.807) is 6.92 Å². The number of benzene rings is 1. The van der Waals surface area contributed by atoms with E-state index in [9.17, 15) is 14.4 Å². The Labute approximate surface area is 230 Å². The van der Waals surface area contributed by atoms with Crippen LogP contribution in [0.25, 0.3) is 16.8 Å². The van der Waals surface area contributed by atoms with Gasteiger partial charge in [-0.15, -0.1) is 0 Å². The third-order valence-corrected chi connectivity index (χ3v) is 7.33. The van der Waals surface area contributed by atoms with E-state index in [1.165, 1.54) is 5.01 Å². The molecule has 3 heterocycles. The molecule has 3 amide bonds. The Balaban J connectivity index is 1.67. The standard InChI is InChI=1S/C30H39N5O4/c1-17(2)27-29(37)33-20(5)30(38)35-13-7-8-26(34-35)28(36)32-19(4)22-10-11-23-16-31-25(15-24(23)14-22)12-9-18(3)21(6)39-27/h9-12,14-20,26-27,34H,6-8,13H2,1-5H3,(H,32,36)(H,33,37)/b12-9+/t18?,19-,20+,26+,27+/m1/s1. The molecular formula is C30H39N5O4. The Morgan fingerprint density at radius 1 is 1.03 bits per heavy atom. The second kappa shape index (κ2) is 12.0. The van der Waals surface area contributed by atoms with Gasteiger partial charge in [0.05, 0.1) is 17.5 Å². The van der Waals surface area contributed by atoms with Crippen molar-refractivity contribution >= 4 is 34.6 Å². The number of nitrogens with one attached hydrogen (secondary N) is 3. The Kier molecular flexibility index (Phi) is 8.70. The fraction of sp³-hybridized carbons (Fsp3) is 0.467. The van der Waals surface area contributed by atoms with E-state index in [0.717, 1.165) is 22.0 Å². The summed E-state index contributed by atoms with van der Waals surface area (Å²) in [5.74, 6) is -0.758. The van der Waals surface area contributed by atoms with E-state index < -0.39 is 18.2 Å². The lowest BCUT2D eigenvalue weighted by atomic mass is 10.0. The molecule has 4 rings (SSSR count). The molecule has 1 aromatic carbocycles. The molecule has 208 valence electrons. The average Bonchev–Trinajstić information content (AvgIpc) is 2.92. The monoisotopic (exact) mass is 533 g/mol. The lowest BCUT2D eigenvalue weighted by molar-refractivity contribution is -0.145. The van der Waals surface area contributed by atoms with Crippen molar-refractivity contribution in [3.8, 4) is 0 Å². The Hall–Kier alpha value is -3.72. The fourth-order valence-corrected chi connectivity index (χ4v) is 4.77. The van der Waals surface area contributed by atoms with Crippen molar-refractivity contribution in [2.45, 2.75) is 71.7 Å². The maximum atomic E-state index is 13.2. The number of nitrogens with zero attached hydrogens (tertiary/aromatic N) is 2. The molecule has 39 heavy (non-hydrogen) atoms. The molecule has 5 atom stereocenters. The first-order valence-electron chi connectivity index (χ1n) is 13.6. The second-order valence-electron chi connectivity index (χ2n) is 10.9. The van der Waals surface area contributed by atoms with Gasteiger partial charge >= 0.3 is 0 Å². The van der Waals surface area contributed by atoms with E-state index >= 15 is 0 Å². The minimum Gasteiger partial charge on any atom is -0.485 e. The van der Waals surface area contributed by atoms with Gasteiger partial charge in [0.1, 0.15) is 12.1 Å². The molecule has 1 unspecified atom stereocenters. The molecule has 2 aromatic rings. The Morgan fingerprint density at radius 2 is 1.77 bits per heavy atom. The zero-order valence-corrected chi connectivity index (χ0v) is 23.4. The van der Waals surface area contributed by atoms with Gasteiger partial charge in [0, 0.05) is 24.0 Å². The minimum atomic E-state index is -0.816. The predicted molar refractivity (Wildman–Crippen MR) is 151 cm³/mol. The number of aromatic nitrogens is 1. The Bertz CT molecular complexity index is 1290. The van der Waals surface area contributed by atoms with Gasteiger partial charge in [-0.2, -0.15) is 0 Å². The topological polar surface area (TPSA) is 113 Å². The van der Waals surface area contributed by atoms with Crippen LogP contribution >= 0.6 is 0 Å². The van der Waals surface area contributed by atoms with Crippen molar-refractivity contribution in [3.63, 3.8) is 0 Å². The van der Waals surface area contributed by atoms with Crippen LogP contribution in [0.5, 0.6) is 0 Å². The van der Waals surface area contributed by atoms with Crippen LogP contribution in [0, 0.1) is 11.8 Å². The third kappa shape index (κ3) is 6.65. The number of pyridine rings is 1. The number of allylic oxidation sites excluding steroid dienone is 1. The van der Waals surface area contributed by atoms with Gasteiger partial charge in [-0.05, 0) is 61.8 Å². The summed E-state index contributed by atoms with van der Waals surface area (Å²) in [6.45, 7) is 13.8. The smallest absolute Gasteiger partial charge is 0.261 e. The van der Waals surface area contributed by atoms with Gasteiger partial charge in [-0.3, -0.25) is 24.4 Å². The molecule has 0 spiro atoms. The van der Waals surface area contributed by atoms with Crippen LogP contribution < -0.4 is 16.1 Å². The van der Waals surface area contributed by atoms with Crippen LogP contribution in [0.3, 0.4) is 0 Å². The summed E-state index contributed by atoms with van der Waals surface area (Å²) in [5.41, 5.74) is 4.81. The van der Waals surface area contributed by atoms with Crippen LogP contribution in [-0.4, -0.2) is 52.4 Å². The van der Waals surface area contributed by atoms with Gasteiger partial charge in [0.2, 0.25) is 5.91 Å². The molecule has 1 aromatic heterocycles. The first kappa shape index (κ1) is 28.3. The van der Waals surface area contributed by atoms with E-state index in [2.05, 4.69) is 33.7 Å². The van der Waals surface area contributed by atoms with Gasteiger partial charge in [0.25, 0.3) is 11.8 Å². The average molecular weight is 534 g/mol. The van der Waals surface area contributed by atoms with Crippen molar-refractivity contribution < 1.29 is 19.1 Å². The first-order chi connectivity index (χ1) is 18.5. The molecule has 0 saturated carbocycles. The predicted octanol–water partition coefficient (Wildman–Crippen LogP) is 3.63. The van der Waals surface area contributed by atoms with Crippen molar-refractivity contribution in [2.75, 3.05) is 6.54 Å². The largest absolute Gasteiger partial charge is 0.485 e. The van der Waals surface area contributed by atoms with Crippen molar-refractivity contribution in [3.05, 3.63) is 60.1 Å². The third-order valence-electron chi connectivity index (χ3n) is 7.33. The number of rotatable bonds is 1. The normalized spacial score (nSPS) is 28.2. The number of carbonyl (C=O) groups excluding carboxylic acids is 3. The van der Waals surface area contributed by atoms with Crippen molar-refractivity contribution in [1.29, 1.82) is 0 Å². The summed E-state index contributed by atoms with van der Waals surface area (Å²) >= 11 is 0. The van der Waals surface area contributed by atoms with Crippen LogP contribution in [0.1, 0.15) is 64.8 Å². The number of hydrazine groups is 1. The fourth-order valence-electron chi connectivity index (χ4n) is 4.77. The van der Waals surface area contributed by atoms with Crippen LogP contribution in [-0.2, 0) is 19.1 Å². The molecule has 1 fully saturated rings. The van der Waals surface area contributed by atoms with Crippen molar-refractivity contribution in [1.82, 2.24) is 26.1 Å². The first-order valence-corrected chi connectivity index (χ1v) is 13.6. The maximum Gasteiger partial charge on any atom is 0.261 e. The lowest BCUT2D eigenvalue weighted by Gasteiger charge is -2.35. The number of carbonyl (C=O) groups is 3. The SMILES string of the molecule is C=C1O[C@@H](C(C)C)C(=O)N[C@@H](C)C(=O)N2CCC[C@H](N2)C(=O)N[C@H](C)c2ccc3cnc(cc3c2)/C=C/C1C. The summed E-state index contributed by atoms with van der Waals surface area (Å²) in [6.07, 6.45) is 6.12. The minimum absolute atomic E-state index is 0.152. The van der Waals surface area contributed by atoms with E-state index in [-0.39, 0.29) is 35.6 Å². The summed E-state index contributed by atoms with van der Waals surface area (Å²) in [6, 6.07) is 6.45. The summed E-state index contributed by atoms with van der Waals surface area (Å²) in [7, 11) is 0. The molecule has 9 heteroatoms. The quantitative estimate of drug-likeness (QED) is 0.516. The highest BCUT2D eigenvalue weighted by Gasteiger charge is 2.33. The number of hydrogen-bond donors (Lipinski definition) is 3. The maximum absolute atomic E-state index is 13.2.